The van der Waals surface area contributed by atoms with Gasteiger partial charge in [-0.05, 0) is 62.2 Å². The summed E-state index contributed by atoms with van der Waals surface area (Å²) in [6.45, 7) is 6.97. The summed E-state index contributed by atoms with van der Waals surface area (Å²) in [6.07, 6.45) is 0. The van der Waals surface area contributed by atoms with Gasteiger partial charge in [0.15, 0.2) is 0 Å². The molecular weight excluding hydrogens is 370 g/mol. The monoisotopic (exact) mass is 395 g/mol. The highest BCUT2D eigenvalue weighted by Gasteiger charge is 2.14. The van der Waals surface area contributed by atoms with Gasteiger partial charge in [0.05, 0.1) is 17.6 Å². The summed E-state index contributed by atoms with van der Waals surface area (Å²) in [5, 5.41) is 0. The molecule has 1 heterocycles. The summed E-state index contributed by atoms with van der Waals surface area (Å²) in [7, 11) is 1.70. The fourth-order valence-electron chi connectivity index (χ4n) is 3.36. The number of carbonyl (C=O) groups excluding carboxylic acids is 1. The minimum Gasteiger partial charge on any atom is -0.492 e. The van der Waals surface area contributed by atoms with E-state index in [2.05, 4.69) is 11.1 Å². The lowest BCUT2D eigenvalue weighted by molar-refractivity contribution is 0.0774. The van der Waals surface area contributed by atoms with Crippen LogP contribution in [0.1, 0.15) is 28.4 Å². The Hall–Kier alpha value is -3.35. The summed E-state index contributed by atoms with van der Waals surface area (Å²) >= 11 is 0. The Morgan fingerprint density at radius 3 is 2.45 bits per heavy atom. The van der Waals surface area contributed by atoms with Gasteiger partial charge in [0.2, 0.25) is 0 Å². The van der Waals surface area contributed by atoms with Crippen LogP contribution in [-0.2, 0) is 6.54 Å². The maximum absolute atomic E-state index is 12.8. The van der Waals surface area contributed by atoms with Crippen LogP contribution >= 0.6 is 0 Å². The maximum atomic E-state index is 12.8. The van der Waals surface area contributed by atoms with Crippen molar-refractivity contribution in [3.63, 3.8) is 0 Å². The number of carbonyl (C=O) groups is 1. The molecule has 0 spiro atoms. The van der Waals surface area contributed by atoms with Crippen molar-refractivity contribution in [1.29, 1.82) is 0 Å². The molecule has 7 heteroatoms. The number of hydrogen-bond donors (Lipinski definition) is 1. The highest BCUT2D eigenvalue weighted by molar-refractivity contribution is 5.97. The van der Waals surface area contributed by atoms with E-state index < -0.39 is 11.1 Å². The third-order valence-electron chi connectivity index (χ3n) is 4.78. The predicted octanol–water partition coefficient (Wildman–Crippen LogP) is 2.48. The average molecular weight is 395 g/mol. The summed E-state index contributed by atoms with van der Waals surface area (Å²) in [5.41, 5.74) is 2.44. The Morgan fingerprint density at radius 2 is 1.79 bits per heavy atom. The van der Waals surface area contributed by atoms with Gasteiger partial charge < -0.3 is 19.2 Å². The van der Waals surface area contributed by atoms with Gasteiger partial charge in [0.1, 0.15) is 12.4 Å². The molecule has 1 amide bonds. The number of hydrogen-bond acceptors (Lipinski definition) is 4. The molecule has 2 aromatic carbocycles. The van der Waals surface area contributed by atoms with E-state index in [9.17, 15) is 14.4 Å². The van der Waals surface area contributed by atoms with Gasteiger partial charge in [-0.1, -0.05) is 6.07 Å². The van der Waals surface area contributed by atoms with Gasteiger partial charge in [-0.3, -0.25) is 14.4 Å². The molecule has 0 unspecified atom stereocenters. The molecule has 3 rings (SSSR count). The highest BCUT2D eigenvalue weighted by atomic mass is 16.5. The lowest BCUT2D eigenvalue weighted by Crippen LogP contribution is -2.36. The van der Waals surface area contributed by atoms with E-state index in [1.807, 2.05) is 26.0 Å². The van der Waals surface area contributed by atoms with Crippen LogP contribution in [0.5, 0.6) is 5.75 Å². The van der Waals surface area contributed by atoms with E-state index in [0.29, 0.717) is 36.3 Å². The molecular formula is C22H25N3O4. The van der Waals surface area contributed by atoms with Crippen molar-refractivity contribution < 1.29 is 9.53 Å². The first-order valence-corrected chi connectivity index (χ1v) is 9.53. The first kappa shape index (κ1) is 20.4. The number of aryl methyl sites for hydroxylation is 3. The first-order valence-electron chi connectivity index (χ1n) is 9.53. The van der Waals surface area contributed by atoms with Crippen LogP contribution in [-0.4, -0.2) is 40.6 Å². The highest BCUT2D eigenvalue weighted by Crippen LogP contribution is 2.16. The number of benzene rings is 2. The quantitative estimate of drug-likeness (QED) is 0.650. The molecule has 1 aromatic heterocycles. The summed E-state index contributed by atoms with van der Waals surface area (Å²) in [6, 6.07) is 10.9. The third kappa shape index (κ3) is 4.39. The van der Waals surface area contributed by atoms with E-state index in [0.717, 1.165) is 16.9 Å². The number of H-pyrrole nitrogens is 1. The molecule has 0 saturated carbocycles. The molecule has 0 fully saturated rings. The Labute approximate surface area is 168 Å². The first-order chi connectivity index (χ1) is 13.8. The van der Waals surface area contributed by atoms with Gasteiger partial charge in [0, 0.05) is 19.2 Å². The van der Waals surface area contributed by atoms with E-state index in [1.165, 1.54) is 4.57 Å². The van der Waals surface area contributed by atoms with Gasteiger partial charge in [-0.25, -0.2) is 0 Å². The van der Waals surface area contributed by atoms with Gasteiger partial charge >= 0.3 is 11.1 Å². The smallest absolute Gasteiger partial charge is 0.316 e. The average Bonchev–Trinajstić information content (AvgIpc) is 2.67. The molecule has 0 atom stereocenters. The largest absolute Gasteiger partial charge is 0.492 e. The normalized spacial score (nSPS) is 10.9. The van der Waals surface area contributed by atoms with E-state index in [-0.39, 0.29) is 5.91 Å². The maximum Gasteiger partial charge on any atom is 0.316 e. The predicted molar refractivity (Wildman–Crippen MR) is 113 cm³/mol. The minimum atomic E-state index is -0.695. The number of rotatable bonds is 6. The Morgan fingerprint density at radius 1 is 1.10 bits per heavy atom. The van der Waals surface area contributed by atoms with E-state index >= 15 is 0 Å². The number of fused-ring (bicyclic) bond motifs is 1. The molecule has 3 aromatic rings. The van der Waals surface area contributed by atoms with Crippen molar-refractivity contribution in [2.45, 2.75) is 27.3 Å². The van der Waals surface area contributed by atoms with Gasteiger partial charge in [-0.15, -0.1) is 0 Å². The van der Waals surface area contributed by atoms with Crippen LogP contribution in [0, 0.1) is 13.8 Å². The second-order valence-corrected chi connectivity index (χ2v) is 7.13. The molecule has 0 aliphatic heterocycles. The van der Waals surface area contributed by atoms with Crippen molar-refractivity contribution in [1.82, 2.24) is 14.5 Å². The van der Waals surface area contributed by atoms with Crippen LogP contribution in [0.3, 0.4) is 0 Å². The molecule has 152 valence electrons. The van der Waals surface area contributed by atoms with Crippen LogP contribution in [0.15, 0.2) is 46.0 Å². The molecule has 0 aliphatic carbocycles. The molecule has 0 radical (unpaired) electrons. The van der Waals surface area contributed by atoms with E-state index in [1.54, 1.807) is 37.1 Å². The van der Waals surface area contributed by atoms with Crippen LogP contribution in [0.25, 0.3) is 11.0 Å². The van der Waals surface area contributed by atoms with Gasteiger partial charge in [0.25, 0.3) is 5.91 Å². The summed E-state index contributed by atoms with van der Waals surface area (Å²) in [4.78, 5) is 40.7. The van der Waals surface area contributed by atoms with Crippen molar-refractivity contribution in [3.05, 3.63) is 73.8 Å². The zero-order chi connectivity index (χ0) is 21.1. The number of nitrogens with zero attached hydrogens (tertiary/aromatic N) is 2. The molecule has 29 heavy (non-hydrogen) atoms. The Kier molecular flexibility index (Phi) is 5.87. The van der Waals surface area contributed by atoms with Crippen LogP contribution in [0.2, 0.25) is 0 Å². The zero-order valence-electron chi connectivity index (χ0n) is 17.1. The Balaban J connectivity index is 1.73. The van der Waals surface area contributed by atoms with Gasteiger partial charge in [-0.2, -0.15) is 0 Å². The SMILES string of the molecule is CCn1c(=O)c(=O)[nH]c2cc(C(=O)N(C)CCOc3cc(C)cc(C)c3)ccc21. The second kappa shape index (κ2) is 8.34. The number of likely N-dealkylation sites (N-methyl/N-ethyl adjacent to an activating group) is 1. The lowest BCUT2D eigenvalue weighted by Gasteiger charge is -2.18. The topological polar surface area (TPSA) is 84.4 Å². The fourth-order valence-corrected chi connectivity index (χ4v) is 3.36. The van der Waals surface area contributed by atoms with E-state index in [4.69, 9.17) is 4.74 Å². The summed E-state index contributed by atoms with van der Waals surface area (Å²) < 4.78 is 7.17. The standard InChI is InChI=1S/C22H25N3O4/c1-5-25-19-7-6-16(13-18(19)23-20(26)22(25)28)21(27)24(4)8-9-29-17-11-14(2)10-15(3)12-17/h6-7,10-13H,5,8-9H2,1-4H3,(H,23,26). The number of ether oxygens (including phenoxy) is 1. The van der Waals surface area contributed by atoms with Crippen molar-refractivity contribution in [2.24, 2.45) is 0 Å². The number of amides is 1. The van der Waals surface area contributed by atoms with Crippen LogP contribution in [0.4, 0.5) is 0 Å². The third-order valence-corrected chi connectivity index (χ3v) is 4.78. The minimum absolute atomic E-state index is 0.189. The van der Waals surface area contributed by atoms with Crippen molar-refractivity contribution in [3.8, 4) is 5.75 Å². The molecule has 0 saturated heterocycles. The Bertz CT molecular complexity index is 1160. The number of aromatic amines is 1. The second-order valence-electron chi connectivity index (χ2n) is 7.13. The molecule has 0 aliphatic rings. The zero-order valence-corrected chi connectivity index (χ0v) is 17.1. The summed E-state index contributed by atoms with van der Waals surface area (Å²) in [5.74, 6) is 0.593. The van der Waals surface area contributed by atoms with Crippen molar-refractivity contribution >= 4 is 16.9 Å². The fraction of sp³-hybridized carbons (Fsp3) is 0.318. The lowest BCUT2D eigenvalue weighted by atomic mass is 10.1. The number of aromatic nitrogens is 2. The van der Waals surface area contributed by atoms with Crippen molar-refractivity contribution in [2.75, 3.05) is 20.2 Å². The molecule has 7 nitrogen and oxygen atoms in total. The molecule has 1 N–H and O–H groups in total. The molecule has 0 bridgehead atoms. The van der Waals surface area contributed by atoms with Crippen LogP contribution < -0.4 is 15.9 Å². The number of nitrogens with one attached hydrogen (secondary N) is 1.